The van der Waals surface area contributed by atoms with Crippen LogP contribution in [0.15, 0.2) is 40.9 Å². The van der Waals surface area contributed by atoms with E-state index in [2.05, 4.69) is 21.2 Å². The second-order valence-electron chi connectivity index (χ2n) is 4.02. The molecule has 2 nitrogen and oxygen atoms in total. The highest BCUT2D eigenvalue weighted by Crippen LogP contribution is 2.29. The second-order valence-corrected chi connectivity index (χ2v) is 5.28. The molecule has 0 radical (unpaired) electrons. The molecule has 5 heteroatoms. The quantitative estimate of drug-likeness (QED) is 0.834. The van der Waals surface area contributed by atoms with Crippen LogP contribution < -0.4 is 5.32 Å². The molecule has 0 heterocycles. The van der Waals surface area contributed by atoms with Gasteiger partial charge in [-0.05, 0) is 52.7 Å². The van der Waals surface area contributed by atoms with Crippen molar-refractivity contribution >= 4 is 39.1 Å². The lowest BCUT2D eigenvalue weighted by atomic mass is 10.2. The molecule has 0 aromatic heterocycles. The van der Waals surface area contributed by atoms with E-state index in [0.29, 0.717) is 15.2 Å². The Morgan fingerprint density at radius 2 is 2.00 bits per heavy atom. The first-order valence-corrected chi connectivity index (χ1v) is 6.67. The molecule has 19 heavy (non-hydrogen) atoms. The lowest BCUT2D eigenvalue weighted by Crippen LogP contribution is -2.14. The topological polar surface area (TPSA) is 29.1 Å². The van der Waals surface area contributed by atoms with Gasteiger partial charge >= 0.3 is 0 Å². The summed E-state index contributed by atoms with van der Waals surface area (Å²) in [5, 5.41) is 3.16. The summed E-state index contributed by atoms with van der Waals surface area (Å²) in [6.07, 6.45) is 0. The van der Waals surface area contributed by atoms with Crippen molar-refractivity contribution in [3.05, 3.63) is 62.8 Å². The first-order valence-electron chi connectivity index (χ1n) is 5.50. The fraction of sp³-hybridized carbons (Fsp3) is 0.0714. The molecule has 2 aromatic carbocycles. The van der Waals surface area contributed by atoms with Crippen molar-refractivity contribution in [2.75, 3.05) is 5.32 Å². The number of amides is 1. The third-order valence-electron chi connectivity index (χ3n) is 2.61. The molecule has 0 bridgehead atoms. The van der Waals surface area contributed by atoms with Crippen molar-refractivity contribution in [1.82, 2.24) is 0 Å². The molecule has 0 saturated heterocycles. The predicted octanol–water partition coefficient (Wildman–Crippen LogP) is 4.80. The molecule has 0 aliphatic rings. The Labute approximate surface area is 123 Å². The average molecular weight is 343 g/mol. The van der Waals surface area contributed by atoms with E-state index in [-0.39, 0.29) is 5.56 Å². The molecule has 2 rings (SSSR count). The Bertz CT molecular complexity index is 645. The fourth-order valence-electron chi connectivity index (χ4n) is 1.58. The zero-order chi connectivity index (χ0) is 14.0. The van der Waals surface area contributed by atoms with Gasteiger partial charge in [-0.15, -0.1) is 0 Å². The van der Waals surface area contributed by atoms with E-state index < -0.39 is 11.7 Å². The average Bonchev–Trinajstić information content (AvgIpc) is 2.36. The van der Waals surface area contributed by atoms with Gasteiger partial charge in [0, 0.05) is 9.50 Å². The molecule has 0 aliphatic heterocycles. The highest BCUT2D eigenvalue weighted by atomic mass is 79.9. The van der Waals surface area contributed by atoms with Crippen LogP contribution >= 0.6 is 27.5 Å². The van der Waals surface area contributed by atoms with E-state index in [4.69, 9.17) is 11.6 Å². The third kappa shape index (κ3) is 3.14. The summed E-state index contributed by atoms with van der Waals surface area (Å²) < 4.78 is 14.2. The summed E-state index contributed by atoms with van der Waals surface area (Å²) in [5.74, 6) is -1.08. The Kier molecular flexibility index (Phi) is 4.22. The van der Waals surface area contributed by atoms with E-state index >= 15 is 0 Å². The van der Waals surface area contributed by atoms with Crippen LogP contribution in [0.4, 0.5) is 10.1 Å². The maximum atomic E-state index is 13.5. The molecular formula is C14H10BrClFNO. The van der Waals surface area contributed by atoms with Crippen LogP contribution in [0, 0.1) is 12.7 Å². The molecule has 1 N–H and O–H groups in total. The van der Waals surface area contributed by atoms with E-state index in [1.807, 2.05) is 6.92 Å². The summed E-state index contributed by atoms with van der Waals surface area (Å²) in [4.78, 5) is 12.0. The molecule has 0 aliphatic carbocycles. The minimum absolute atomic E-state index is 0.00824. The Morgan fingerprint density at radius 1 is 1.32 bits per heavy atom. The van der Waals surface area contributed by atoms with Crippen molar-refractivity contribution in [2.45, 2.75) is 6.92 Å². The van der Waals surface area contributed by atoms with Gasteiger partial charge in [0.05, 0.1) is 11.3 Å². The summed E-state index contributed by atoms with van der Waals surface area (Å²) >= 11 is 9.33. The van der Waals surface area contributed by atoms with Gasteiger partial charge in [-0.3, -0.25) is 4.79 Å². The molecule has 0 atom stereocenters. The Balaban J connectivity index is 2.30. The van der Waals surface area contributed by atoms with Crippen molar-refractivity contribution in [3.63, 3.8) is 0 Å². The van der Waals surface area contributed by atoms with Crippen LogP contribution in [0.3, 0.4) is 0 Å². The molecular weight excluding hydrogens is 333 g/mol. The van der Waals surface area contributed by atoms with Gasteiger partial charge in [-0.1, -0.05) is 23.7 Å². The Hall–Kier alpha value is -1.39. The molecule has 0 saturated carbocycles. The number of rotatable bonds is 2. The van der Waals surface area contributed by atoms with Crippen LogP contribution in [0.25, 0.3) is 0 Å². The lowest BCUT2D eigenvalue weighted by Gasteiger charge is -2.10. The summed E-state index contributed by atoms with van der Waals surface area (Å²) in [6.45, 7) is 1.86. The van der Waals surface area contributed by atoms with Crippen molar-refractivity contribution < 1.29 is 9.18 Å². The first kappa shape index (κ1) is 14.0. The molecule has 0 unspecified atom stereocenters. The summed E-state index contributed by atoms with van der Waals surface area (Å²) in [7, 11) is 0. The van der Waals surface area contributed by atoms with Crippen molar-refractivity contribution in [3.8, 4) is 0 Å². The first-order chi connectivity index (χ1) is 8.99. The summed E-state index contributed by atoms with van der Waals surface area (Å²) in [6, 6.07) is 9.22. The molecule has 2 aromatic rings. The van der Waals surface area contributed by atoms with E-state index in [1.165, 1.54) is 18.2 Å². The Morgan fingerprint density at radius 3 is 2.68 bits per heavy atom. The number of halogens is 3. The second kappa shape index (κ2) is 5.72. The van der Waals surface area contributed by atoms with Gasteiger partial charge in [0.15, 0.2) is 0 Å². The van der Waals surface area contributed by atoms with E-state index in [0.717, 1.165) is 5.56 Å². The SMILES string of the molecule is Cc1cc(Br)c(NC(=O)c2ccccc2F)cc1Cl. The van der Waals surface area contributed by atoms with Gasteiger partial charge < -0.3 is 5.32 Å². The minimum atomic E-state index is -0.561. The standard InChI is InChI=1S/C14H10BrClFNO/c1-8-6-10(15)13(7-11(8)16)18-14(19)9-4-2-3-5-12(9)17/h2-7H,1H3,(H,18,19). The lowest BCUT2D eigenvalue weighted by molar-refractivity contribution is 0.102. The molecule has 0 spiro atoms. The predicted molar refractivity (Wildman–Crippen MR) is 78.2 cm³/mol. The number of anilines is 1. The third-order valence-corrected chi connectivity index (χ3v) is 3.68. The van der Waals surface area contributed by atoms with Crippen LogP contribution in [-0.2, 0) is 0 Å². The van der Waals surface area contributed by atoms with Gasteiger partial charge in [0.1, 0.15) is 5.82 Å². The van der Waals surface area contributed by atoms with Crippen LogP contribution in [-0.4, -0.2) is 5.91 Å². The van der Waals surface area contributed by atoms with Gasteiger partial charge in [0.25, 0.3) is 5.91 Å². The smallest absolute Gasteiger partial charge is 0.258 e. The van der Waals surface area contributed by atoms with E-state index in [9.17, 15) is 9.18 Å². The molecule has 0 fully saturated rings. The highest BCUT2D eigenvalue weighted by Gasteiger charge is 2.13. The maximum absolute atomic E-state index is 13.5. The van der Waals surface area contributed by atoms with Gasteiger partial charge in [-0.2, -0.15) is 0 Å². The molecule has 1 amide bonds. The van der Waals surface area contributed by atoms with Gasteiger partial charge in [0.2, 0.25) is 0 Å². The normalized spacial score (nSPS) is 10.3. The summed E-state index contributed by atoms with van der Waals surface area (Å²) in [5.41, 5.74) is 1.38. The number of carbonyl (C=O) groups excluding carboxylic acids is 1. The number of hydrogen-bond donors (Lipinski definition) is 1. The maximum Gasteiger partial charge on any atom is 0.258 e. The van der Waals surface area contributed by atoms with Crippen molar-refractivity contribution in [1.29, 1.82) is 0 Å². The zero-order valence-corrected chi connectivity index (χ0v) is 12.3. The number of nitrogens with one attached hydrogen (secondary N) is 1. The highest BCUT2D eigenvalue weighted by molar-refractivity contribution is 9.10. The van der Waals surface area contributed by atoms with Crippen molar-refractivity contribution in [2.24, 2.45) is 0 Å². The van der Waals surface area contributed by atoms with Crippen LogP contribution in [0.2, 0.25) is 5.02 Å². The van der Waals surface area contributed by atoms with Crippen LogP contribution in [0.5, 0.6) is 0 Å². The van der Waals surface area contributed by atoms with Crippen LogP contribution in [0.1, 0.15) is 15.9 Å². The molecule has 98 valence electrons. The minimum Gasteiger partial charge on any atom is -0.321 e. The largest absolute Gasteiger partial charge is 0.321 e. The number of hydrogen-bond acceptors (Lipinski definition) is 1. The number of carbonyl (C=O) groups is 1. The monoisotopic (exact) mass is 341 g/mol. The fourth-order valence-corrected chi connectivity index (χ4v) is 2.30. The van der Waals surface area contributed by atoms with Gasteiger partial charge in [-0.25, -0.2) is 4.39 Å². The number of aryl methyl sites for hydroxylation is 1. The van der Waals surface area contributed by atoms with E-state index in [1.54, 1.807) is 18.2 Å². The zero-order valence-electron chi connectivity index (χ0n) is 10.0. The number of benzene rings is 2.